The van der Waals surface area contributed by atoms with Crippen LogP contribution in [-0.2, 0) is 9.53 Å². The van der Waals surface area contributed by atoms with Crippen LogP contribution in [0.5, 0.6) is 0 Å². The van der Waals surface area contributed by atoms with Gasteiger partial charge in [0.15, 0.2) is 0 Å². The monoisotopic (exact) mass is 257 g/mol. The normalized spacial score (nSPS) is 19.4. The Balaban J connectivity index is 2.04. The van der Waals surface area contributed by atoms with Crippen molar-refractivity contribution >= 4 is 23.5 Å². The summed E-state index contributed by atoms with van der Waals surface area (Å²) >= 11 is 5.73. The summed E-state index contributed by atoms with van der Waals surface area (Å²) in [4.78, 5) is 24.9. The lowest BCUT2D eigenvalue weighted by molar-refractivity contribution is -0.144. The zero-order valence-electron chi connectivity index (χ0n) is 9.31. The van der Waals surface area contributed by atoms with Gasteiger partial charge >= 0.3 is 5.97 Å². The van der Waals surface area contributed by atoms with E-state index in [0.29, 0.717) is 25.1 Å². The Hall–Kier alpha value is -1.49. The molecule has 2 rings (SSSR count). The maximum absolute atomic E-state index is 12.0. The number of ether oxygens (including phenoxy) is 1. The van der Waals surface area contributed by atoms with Gasteiger partial charge in [-0.25, -0.2) is 0 Å². The number of esters is 1. The van der Waals surface area contributed by atoms with Crippen molar-refractivity contribution in [3.8, 4) is 0 Å². The van der Waals surface area contributed by atoms with E-state index in [9.17, 15) is 9.59 Å². The number of furan rings is 1. The SMILES string of the molecule is COC(=O)C1CCN(C(=O)c2ccoc2Cl)C1. The third-order valence-electron chi connectivity index (χ3n) is 2.86. The minimum absolute atomic E-state index is 0.0801. The van der Waals surface area contributed by atoms with Crippen molar-refractivity contribution in [2.24, 2.45) is 5.92 Å². The zero-order chi connectivity index (χ0) is 12.4. The maximum atomic E-state index is 12.0. The van der Waals surface area contributed by atoms with Crippen LogP contribution in [0.1, 0.15) is 16.8 Å². The lowest BCUT2D eigenvalue weighted by atomic mass is 10.1. The van der Waals surface area contributed by atoms with E-state index >= 15 is 0 Å². The van der Waals surface area contributed by atoms with Crippen LogP contribution in [-0.4, -0.2) is 37.0 Å². The molecule has 1 amide bonds. The molecule has 0 N–H and O–H groups in total. The molecule has 0 bridgehead atoms. The van der Waals surface area contributed by atoms with Crippen LogP contribution in [0.2, 0.25) is 5.22 Å². The van der Waals surface area contributed by atoms with Crippen LogP contribution in [0.15, 0.2) is 16.7 Å². The molecule has 5 nitrogen and oxygen atoms in total. The van der Waals surface area contributed by atoms with Gasteiger partial charge in [-0.2, -0.15) is 0 Å². The number of nitrogens with zero attached hydrogens (tertiary/aromatic N) is 1. The van der Waals surface area contributed by atoms with Crippen molar-refractivity contribution < 1.29 is 18.7 Å². The molecule has 92 valence electrons. The highest BCUT2D eigenvalue weighted by Crippen LogP contribution is 2.23. The number of likely N-dealkylation sites (tertiary alicyclic amines) is 1. The van der Waals surface area contributed by atoms with Gasteiger partial charge in [-0.1, -0.05) is 0 Å². The van der Waals surface area contributed by atoms with E-state index < -0.39 is 0 Å². The summed E-state index contributed by atoms with van der Waals surface area (Å²) in [5, 5.41) is 0.0801. The van der Waals surface area contributed by atoms with Crippen molar-refractivity contribution in [3.63, 3.8) is 0 Å². The van der Waals surface area contributed by atoms with Crippen molar-refractivity contribution in [2.45, 2.75) is 6.42 Å². The summed E-state index contributed by atoms with van der Waals surface area (Å²) in [6.45, 7) is 0.896. The smallest absolute Gasteiger partial charge is 0.310 e. The molecular formula is C11H12ClNO4. The first kappa shape index (κ1) is 12.0. The Morgan fingerprint density at radius 3 is 2.94 bits per heavy atom. The van der Waals surface area contributed by atoms with Crippen molar-refractivity contribution in [2.75, 3.05) is 20.2 Å². The lowest BCUT2D eigenvalue weighted by Gasteiger charge is -2.14. The second-order valence-electron chi connectivity index (χ2n) is 3.87. The van der Waals surface area contributed by atoms with Gasteiger partial charge in [0, 0.05) is 13.1 Å². The van der Waals surface area contributed by atoms with E-state index in [-0.39, 0.29) is 23.0 Å². The van der Waals surface area contributed by atoms with Crippen molar-refractivity contribution in [1.82, 2.24) is 4.90 Å². The molecular weight excluding hydrogens is 246 g/mol. The van der Waals surface area contributed by atoms with E-state index in [1.807, 2.05) is 0 Å². The number of halogens is 1. The zero-order valence-corrected chi connectivity index (χ0v) is 10.1. The Morgan fingerprint density at radius 2 is 2.35 bits per heavy atom. The van der Waals surface area contributed by atoms with Crippen molar-refractivity contribution in [3.05, 3.63) is 23.1 Å². The van der Waals surface area contributed by atoms with Crippen LogP contribution in [0.4, 0.5) is 0 Å². The average Bonchev–Trinajstić information content (AvgIpc) is 2.95. The molecule has 1 atom stereocenters. The number of methoxy groups -OCH3 is 1. The first-order valence-corrected chi connectivity index (χ1v) is 5.61. The van der Waals surface area contributed by atoms with Crippen LogP contribution < -0.4 is 0 Å². The van der Waals surface area contributed by atoms with Crippen LogP contribution in [0.3, 0.4) is 0 Å². The van der Waals surface area contributed by atoms with Gasteiger partial charge < -0.3 is 14.1 Å². The fourth-order valence-electron chi connectivity index (χ4n) is 1.92. The highest BCUT2D eigenvalue weighted by Gasteiger charge is 2.33. The van der Waals surface area contributed by atoms with Crippen LogP contribution in [0.25, 0.3) is 0 Å². The summed E-state index contributed by atoms with van der Waals surface area (Å²) in [5.41, 5.74) is 0.331. The molecule has 1 unspecified atom stereocenters. The molecule has 1 aromatic rings. The summed E-state index contributed by atoms with van der Waals surface area (Å²) in [5.74, 6) is -0.733. The number of hydrogen-bond donors (Lipinski definition) is 0. The van der Waals surface area contributed by atoms with E-state index in [1.165, 1.54) is 19.4 Å². The fourth-order valence-corrected chi connectivity index (χ4v) is 2.12. The summed E-state index contributed by atoms with van der Waals surface area (Å²) in [6.07, 6.45) is 1.98. The van der Waals surface area contributed by atoms with Gasteiger partial charge in [-0.3, -0.25) is 9.59 Å². The molecule has 1 aromatic heterocycles. The largest absolute Gasteiger partial charge is 0.469 e. The average molecular weight is 258 g/mol. The summed E-state index contributed by atoms with van der Waals surface area (Å²) in [6, 6.07) is 1.52. The Labute approximate surface area is 103 Å². The van der Waals surface area contributed by atoms with Crippen molar-refractivity contribution in [1.29, 1.82) is 0 Å². The topological polar surface area (TPSA) is 59.8 Å². The van der Waals surface area contributed by atoms with E-state index in [1.54, 1.807) is 4.90 Å². The maximum Gasteiger partial charge on any atom is 0.310 e. The molecule has 2 heterocycles. The predicted octanol–water partition coefficient (Wildman–Crippen LogP) is 1.57. The third kappa shape index (κ3) is 2.29. The van der Waals surface area contributed by atoms with Gasteiger partial charge in [0.05, 0.1) is 24.9 Å². The Bertz CT molecular complexity index is 442. The molecule has 0 spiro atoms. The molecule has 6 heteroatoms. The standard InChI is InChI=1S/C11H12ClNO4/c1-16-11(15)7-2-4-13(6-7)10(14)8-3-5-17-9(8)12/h3,5,7H,2,4,6H2,1H3. The molecule has 1 fully saturated rings. The second-order valence-corrected chi connectivity index (χ2v) is 4.21. The molecule has 0 aromatic carbocycles. The minimum atomic E-state index is -0.279. The van der Waals surface area contributed by atoms with Crippen LogP contribution in [0, 0.1) is 5.92 Å². The third-order valence-corrected chi connectivity index (χ3v) is 3.15. The predicted molar refractivity (Wildman–Crippen MR) is 59.7 cm³/mol. The Kier molecular flexibility index (Phi) is 3.38. The Morgan fingerprint density at radius 1 is 1.59 bits per heavy atom. The number of hydrogen-bond acceptors (Lipinski definition) is 4. The number of carbonyl (C=O) groups excluding carboxylic acids is 2. The summed E-state index contributed by atoms with van der Waals surface area (Å²) in [7, 11) is 1.35. The highest BCUT2D eigenvalue weighted by molar-refractivity contribution is 6.32. The van der Waals surface area contributed by atoms with E-state index in [0.717, 1.165) is 0 Å². The van der Waals surface area contributed by atoms with Gasteiger partial charge in [-0.15, -0.1) is 0 Å². The molecule has 1 aliphatic heterocycles. The molecule has 0 saturated carbocycles. The number of rotatable bonds is 2. The first-order valence-electron chi connectivity index (χ1n) is 5.23. The van der Waals surface area contributed by atoms with E-state index in [2.05, 4.69) is 4.74 Å². The van der Waals surface area contributed by atoms with Gasteiger partial charge in [0.2, 0.25) is 5.22 Å². The highest BCUT2D eigenvalue weighted by atomic mass is 35.5. The molecule has 17 heavy (non-hydrogen) atoms. The van der Waals surface area contributed by atoms with Gasteiger partial charge in [0.1, 0.15) is 0 Å². The van der Waals surface area contributed by atoms with E-state index in [4.69, 9.17) is 16.0 Å². The lowest BCUT2D eigenvalue weighted by Crippen LogP contribution is -2.30. The number of amides is 1. The van der Waals surface area contributed by atoms with Gasteiger partial charge in [0.25, 0.3) is 5.91 Å². The quantitative estimate of drug-likeness (QED) is 0.755. The van der Waals surface area contributed by atoms with Gasteiger partial charge in [-0.05, 0) is 24.1 Å². The molecule has 1 saturated heterocycles. The summed E-state index contributed by atoms with van der Waals surface area (Å²) < 4.78 is 9.52. The van der Waals surface area contributed by atoms with Crippen LogP contribution >= 0.6 is 11.6 Å². The molecule has 1 aliphatic rings. The fraction of sp³-hybridized carbons (Fsp3) is 0.455. The minimum Gasteiger partial charge on any atom is -0.469 e. The molecule has 0 aliphatic carbocycles. The molecule has 0 radical (unpaired) electrons. The number of carbonyl (C=O) groups is 2. The second kappa shape index (κ2) is 4.79. The first-order chi connectivity index (χ1) is 8.13.